The number of hydrogen-bond acceptors (Lipinski definition) is 5. The summed E-state index contributed by atoms with van der Waals surface area (Å²) >= 11 is 0. The molecule has 0 radical (unpaired) electrons. The van der Waals surface area contributed by atoms with Crippen molar-refractivity contribution in [2.75, 3.05) is 18.1 Å². The highest BCUT2D eigenvalue weighted by atomic mass is 32.2. The summed E-state index contributed by atoms with van der Waals surface area (Å²) < 4.78 is 34.6. The van der Waals surface area contributed by atoms with Crippen LogP contribution in [0.1, 0.15) is 16.8 Å². The van der Waals surface area contributed by atoms with E-state index in [1.807, 2.05) is 0 Å². The maximum Gasteiger partial charge on any atom is 0.335 e. The Balaban J connectivity index is 2.61. The zero-order chi connectivity index (χ0) is 13.8. The van der Waals surface area contributed by atoms with Crippen LogP contribution in [0.3, 0.4) is 0 Å². The van der Waals surface area contributed by atoms with Gasteiger partial charge < -0.3 is 15.6 Å². The second-order valence-electron chi connectivity index (χ2n) is 3.55. The van der Waals surface area contributed by atoms with Crippen molar-refractivity contribution in [3.05, 3.63) is 23.8 Å². The van der Waals surface area contributed by atoms with Gasteiger partial charge in [0.1, 0.15) is 5.75 Å². The van der Waals surface area contributed by atoms with Gasteiger partial charge in [0.25, 0.3) is 10.1 Å². The van der Waals surface area contributed by atoms with Crippen LogP contribution in [0.2, 0.25) is 0 Å². The molecule has 1 aromatic carbocycles. The van der Waals surface area contributed by atoms with E-state index in [4.69, 9.17) is 20.1 Å². The number of hydrogen-bond donors (Lipinski definition) is 3. The molecule has 0 aromatic heterocycles. The van der Waals surface area contributed by atoms with E-state index in [2.05, 4.69) is 0 Å². The maximum atomic E-state index is 10.7. The molecule has 7 nitrogen and oxygen atoms in total. The molecule has 0 aliphatic carbocycles. The number of rotatable bonds is 6. The first-order valence-electron chi connectivity index (χ1n) is 5.00. The van der Waals surface area contributed by atoms with Gasteiger partial charge in [-0.15, -0.1) is 0 Å². The van der Waals surface area contributed by atoms with Crippen molar-refractivity contribution in [2.24, 2.45) is 0 Å². The third-order valence-corrected chi connectivity index (χ3v) is 2.87. The minimum atomic E-state index is -4.02. The van der Waals surface area contributed by atoms with Crippen LogP contribution in [-0.4, -0.2) is 36.4 Å². The molecule has 1 aromatic rings. The molecule has 8 heteroatoms. The fourth-order valence-electron chi connectivity index (χ4n) is 1.22. The van der Waals surface area contributed by atoms with Crippen LogP contribution in [0.4, 0.5) is 5.69 Å². The third-order valence-electron chi connectivity index (χ3n) is 2.06. The first kappa shape index (κ1) is 14.3. The van der Waals surface area contributed by atoms with Crippen LogP contribution in [0, 0.1) is 0 Å². The second-order valence-corrected chi connectivity index (χ2v) is 5.12. The molecule has 0 spiro atoms. The van der Waals surface area contributed by atoms with Crippen LogP contribution in [0.15, 0.2) is 18.2 Å². The first-order chi connectivity index (χ1) is 8.29. The van der Waals surface area contributed by atoms with Crippen molar-refractivity contribution in [3.8, 4) is 5.75 Å². The van der Waals surface area contributed by atoms with Gasteiger partial charge in [-0.05, 0) is 24.6 Å². The van der Waals surface area contributed by atoms with E-state index >= 15 is 0 Å². The molecular formula is C10H13NO6S. The van der Waals surface area contributed by atoms with E-state index in [1.165, 1.54) is 18.2 Å². The van der Waals surface area contributed by atoms with E-state index in [9.17, 15) is 13.2 Å². The van der Waals surface area contributed by atoms with Crippen LogP contribution in [-0.2, 0) is 10.1 Å². The number of aromatic carboxylic acids is 1. The minimum Gasteiger partial charge on any atom is -0.491 e. The van der Waals surface area contributed by atoms with Gasteiger partial charge in [0.15, 0.2) is 0 Å². The van der Waals surface area contributed by atoms with Gasteiger partial charge in [0.05, 0.1) is 23.6 Å². The number of benzene rings is 1. The van der Waals surface area contributed by atoms with Gasteiger partial charge >= 0.3 is 5.97 Å². The van der Waals surface area contributed by atoms with Crippen LogP contribution in [0.25, 0.3) is 0 Å². The fourth-order valence-corrected chi connectivity index (χ4v) is 1.70. The monoisotopic (exact) mass is 275 g/mol. The number of ether oxygens (including phenoxy) is 1. The van der Waals surface area contributed by atoms with Crippen molar-refractivity contribution in [3.63, 3.8) is 0 Å². The first-order valence-corrected chi connectivity index (χ1v) is 6.61. The Morgan fingerprint density at radius 3 is 2.61 bits per heavy atom. The summed E-state index contributed by atoms with van der Waals surface area (Å²) in [5.74, 6) is -1.37. The largest absolute Gasteiger partial charge is 0.491 e. The van der Waals surface area contributed by atoms with E-state index in [0.717, 1.165) is 0 Å². The highest BCUT2D eigenvalue weighted by Crippen LogP contribution is 2.22. The Morgan fingerprint density at radius 2 is 2.06 bits per heavy atom. The van der Waals surface area contributed by atoms with Crippen LogP contribution >= 0.6 is 0 Å². The molecule has 18 heavy (non-hydrogen) atoms. The zero-order valence-corrected chi connectivity index (χ0v) is 10.2. The summed E-state index contributed by atoms with van der Waals surface area (Å²) in [4.78, 5) is 10.7. The van der Waals surface area contributed by atoms with E-state index in [1.54, 1.807) is 0 Å². The van der Waals surface area contributed by atoms with Crippen molar-refractivity contribution in [1.29, 1.82) is 0 Å². The highest BCUT2D eigenvalue weighted by molar-refractivity contribution is 7.85. The third kappa shape index (κ3) is 4.60. The summed E-state index contributed by atoms with van der Waals surface area (Å²) in [7, 11) is -4.02. The van der Waals surface area contributed by atoms with Crippen LogP contribution in [0.5, 0.6) is 5.75 Å². The van der Waals surface area contributed by atoms with E-state index < -0.39 is 21.8 Å². The molecule has 0 aliphatic rings. The lowest BCUT2D eigenvalue weighted by Gasteiger charge is -2.09. The molecule has 0 amide bonds. The number of nitrogens with two attached hydrogens (primary N) is 1. The summed E-state index contributed by atoms with van der Waals surface area (Å²) in [6.07, 6.45) is 0.0789. The molecule has 1 rings (SSSR count). The van der Waals surface area contributed by atoms with Crippen molar-refractivity contribution < 1.29 is 27.6 Å². The fraction of sp³-hybridized carbons (Fsp3) is 0.300. The van der Waals surface area contributed by atoms with Gasteiger partial charge in [-0.25, -0.2) is 4.79 Å². The molecule has 0 heterocycles. The molecule has 0 saturated heterocycles. The Bertz CT molecular complexity index is 539. The predicted molar refractivity (Wildman–Crippen MR) is 64.3 cm³/mol. The quantitative estimate of drug-likeness (QED) is 0.394. The Hall–Kier alpha value is -1.80. The predicted octanol–water partition coefficient (Wildman–Crippen LogP) is 0.624. The van der Waals surface area contributed by atoms with E-state index in [-0.39, 0.29) is 30.0 Å². The molecular weight excluding hydrogens is 262 g/mol. The molecule has 0 aliphatic heterocycles. The summed E-state index contributed by atoms with van der Waals surface area (Å²) in [6.45, 7) is 0.00701. The lowest BCUT2D eigenvalue weighted by molar-refractivity contribution is 0.0696. The van der Waals surface area contributed by atoms with Gasteiger partial charge in [-0.3, -0.25) is 4.55 Å². The molecule has 4 N–H and O–H groups in total. The van der Waals surface area contributed by atoms with Crippen molar-refractivity contribution >= 4 is 21.8 Å². The topological polar surface area (TPSA) is 127 Å². The van der Waals surface area contributed by atoms with Crippen LogP contribution < -0.4 is 10.5 Å². The Morgan fingerprint density at radius 1 is 1.39 bits per heavy atom. The number of carbonyl (C=O) groups is 1. The van der Waals surface area contributed by atoms with Gasteiger partial charge in [0.2, 0.25) is 0 Å². The second kappa shape index (κ2) is 5.69. The molecule has 0 bridgehead atoms. The normalized spacial score (nSPS) is 11.2. The Labute approximate surface area is 104 Å². The maximum absolute atomic E-state index is 10.7. The lowest BCUT2D eigenvalue weighted by atomic mass is 10.2. The van der Waals surface area contributed by atoms with Crippen molar-refractivity contribution in [2.45, 2.75) is 6.42 Å². The number of carboxylic acid groups (broad SMARTS) is 1. The molecule has 0 atom stereocenters. The highest BCUT2D eigenvalue weighted by Gasteiger charge is 2.08. The molecule has 0 saturated carbocycles. The average molecular weight is 275 g/mol. The summed E-state index contributed by atoms with van der Waals surface area (Å²) in [6, 6.07) is 3.98. The smallest absolute Gasteiger partial charge is 0.335 e. The SMILES string of the molecule is Nc1ccc(C(=O)O)cc1OCCCS(=O)(=O)O. The number of nitrogen functional groups attached to an aromatic ring is 1. The van der Waals surface area contributed by atoms with E-state index in [0.29, 0.717) is 0 Å². The zero-order valence-electron chi connectivity index (χ0n) is 9.37. The van der Waals surface area contributed by atoms with Gasteiger partial charge in [0, 0.05) is 0 Å². The molecule has 0 unspecified atom stereocenters. The standard InChI is InChI=1S/C10H13NO6S/c11-8-3-2-7(10(12)13)6-9(8)17-4-1-5-18(14,15)16/h2-3,6H,1,4-5,11H2,(H,12,13)(H,14,15,16). The minimum absolute atomic E-state index is 0.00701. The average Bonchev–Trinajstić information content (AvgIpc) is 2.24. The molecule has 100 valence electrons. The molecule has 0 fully saturated rings. The van der Waals surface area contributed by atoms with Gasteiger partial charge in [-0.1, -0.05) is 0 Å². The lowest BCUT2D eigenvalue weighted by Crippen LogP contribution is -2.09. The number of anilines is 1. The summed E-state index contributed by atoms with van der Waals surface area (Å²) in [5.41, 5.74) is 5.85. The van der Waals surface area contributed by atoms with Crippen molar-refractivity contribution in [1.82, 2.24) is 0 Å². The summed E-state index contributed by atoms with van der Waals surface area (Å²) in [5, 5.41) is 8.77. The Kier molecular flexibility index (Phi) is 4.51. The number of carboxylic acids is 1. The van der Waals surface area contributed by atoms with Gasteiger partial charge in [-0.2, -0.15) is 8.42 Å².